The minimum Gasteiger partial charge on any atom is -0.383 e. The molecule has 0 atom stereocenters. The van der Waals surface area contributed by atoms with Gasteiger partial charge in [0.2, 0.25) is 0 Å². The van der Waals surface area contributed by atoms with Gasteiger partial charge >= 0.3 is 0 Å². The largest absolute Gasteiger partial charge is 0.383 e. The number of anilines is 1. The average Bonchev–Trinajstić information content (AvgIpc) is 2.45. The van der Waals surface area contributed by atoms with Gasteiger partial charge in [-0.05, 0) is 25.7 Å². The van der Waals surface area contributed by atoms with Crippen molar-refractivity contribution in [1.82, 2.24) is 9.78 Å². The standard InChI is InChI=1S/C13H21ClN4O2/c1-20-7-6-18-13(19)12(14)11(8-16-18)17-10-4-2-9(15)3-5-10/h8-10,17H,2-7,15H2,1H3. The molecule has 3 N–H and O–H groups in total. The Balaban J connectivity index is 2.05. The smallest absolute Gasteiger partial charge is 0.287 e. The first-order valence-electron chi connectivity index (χ1n) is 6.88. The van der Waals surface area contributed by atoms with E-state index in [1.165, 1.54) is 4.68 Å². The average molecular weight is 301 g/mol. The molecule has 6 nitrogen and oxygen atoms in total. The van der Waals surface area contributed by atoms with Crippen LogP contribution in [0.3, 0.4) is 0 Å². The molecule has 0 aromatic carbocycles. The molecule has 1 aliphatic rings. The molecule has 2 rings (SSSR count). The molecule has 112 valence electrons. The van der Waals surface area contributed by atoms with E-state index in [0.717, 1.165) is 25.7 Å². The van der Waals surface area contributed by atoms with Gasteiger partial charge < -0.3 is 15.8 Å². The van der Waals surface area contributed by atoms with Gasteiger partial charge in [-0.2, -0.15) is 5.10 Å². The number of nitrogens with two attached hydrogens (primary N) is 1. The van der Waals surface area contributed by atoms with Crippen molar-refractivity contribution >= 4 is 17.3 Å². The molecule has 0 unspecified atom stereocenters. The number of ether oxygens (including phenoxy) is 1. The molecule has 0 radical (unpaired) electrons. The highest BCUT2D eigenvalue weighted by atomic mass is 35.5. The van der Waals surface area contributed by atoms with E-state index < -0.39 is 0 Å². The lowest BCUT2D eigenvalue weighted by Crippen LogP contribution is -2.34. The fourth-order valence-electron chi connectivity index (χ4n) is 2.39. The molecule has 1 heterocycles. The molecule has 0 bridgehead atoms. The molecular weight excluding hydrogens is 280 g/mol. The molecule has 1 fully saturated rings. The molecule has 0 amide bonds. The summed E-state index contributed by atoms with van der Waals surface area (Å²) in [6.45, 7) is 0.824. The van der Waals surface area contributed by atoms with E-state index in [1.54, 1.807) is 13.3 Å². The van der Waals surface area contributed by atoms with Gasteiger partial charge in [-0.15, -0.1) is 0 Å². The maximum atomic E-state index is 12.0. The second-order valence-electron chi connectivity index (χ2n) is 5.15. The molecule has 1 aromatic heterocycles. The minimum atomic E-state index is -0.291. The number of halogens is 1. The minimum absolute atomic E-state index is 0.186. The van der Waals surface area contributed by atoms with Crippen LogP contribution in [0.4, 0.5) is 5.69 Å². The lowest BCUT2D eigenvalue weighted by atomic mass is 9.92. The second-order valence-corrected chi connectivity index (χ2v) is 5.53. The Bertz CT molecular complexity index is 498. The van der Waals surface area contributed by atoms with E-state index in [2.05, 4.69) is 10.4 Å². The topological polar surface area (TPSA) is 82.2 Å². The van der Waals surface area contributed by atoms with Gasteiger partial charge in [0, 0.05) is 19.2 Å². The summed E-state index contributed by atoms with van der Waals surface area (Å²) in [5.74, 6) is 0. The van der Waals surface area contributed by atoms with Crippen LogP contribution in [0.25, 0.3) is 0 Å². The lowest BCUT2D eigenvalue weighted by Gasteiger charge is -2.27. The molecule has 7 heteroatoms. The maximum absolute atomic E-state index is 12.0. The van der Waals surface area contributed by atoms with Gasteiger partial charge in [-0.1, -0.05) is 11.6 Å². The molecule has 0 aliphatic heterocycles. The molecule has 1 aliphatic carbocycles. The Kier molecular flexibility index (Phi) is 5.39. The van der Waals surface area contributed by atoms with Gasteiger partial charge in [-0.25, -0.2) is 4.68 Å². The Morgan fingerprint density at radius 1 is 1.50 bits per heavy atom. The van der Waals surface area contributed by atoms with Crippen molar-refractivity contribution in [3.8, 4) is 0 Å². The summed E-state index contributed by atoms with van der Waals surface area (Å²) in [4.78, 5) is 12.0. The lowest BCUT2D eigenvalue weighted by molar-refractivity contribution is 0.182. The van der Waals surface area contributed by atoms with Crippen LogP contribution in [0.2, 0.25) is 5.02 Å². The summed E-state index contributed by atoms with van der Waals surface area (Å²) in [6.07, 6.45) is 5.57. The van der Waals surface area contributed by atoms with Crippen molar-refractivity contribution in [3.05, 3.63) is 21.6 Å². The van der Waals surface area contributed by atoms with Crippen molar-refractivity contribution in [1.29, 1.82) is 0 Å². The monoisotopic (exact) mass is 300 g/mol. The quantitative estimate of drug-likeness (QED) is 0.854. The first-order valence-corrected chi connectivity index (χ1v) is 7.26. The molecule has 1 aromatic rings. The van der Waals surface area contributed by atoms with Crippen molar-refractivity contribution in [2.24, 2.45) is 5.73 Å². The van der Waals surface area contributed by atoms with Crippen LogP contribution in [0.15, 0.2) is 11.0 Å². The Morgan fingerprint density at radius 3 is 2.85 bits per heavy atom. The summed E-state index contributed by atoms with van der Waals surface area (Å²) in [7, 11) is 1.58. The first-order chi connectivity index (χ1) is 9.61. The number of rotatable bonds is 5. The number of nitrogens with zero attached hydrogens (tertiary/aromatic N) is 2. The summed E-state index contributed by atoms with van der Waals surface area (Å²) >= 11 is 6.12. The van der Waals surface area contributed by atoms with E-state index >= 15 is 0 Å². The second kappa shape index (κ2) is 7.06. The predicted octanol–water partition coefficient (Wildman–Crippen LogP) is 1.22. The van der Waals surface area contributed by atoms with Crippen LogP contribution >= 0.6 is 11.6 Å². The van der Waals surface area contributed by atoms with Gasteiger partial charge in [-0.3, -0.25) is 4.79 Å². The number of nitrogens with one attached hydrogen (secondary N) is 1. The van der Waals surface area contributed by atoms with E-state index in [9.17, 15) is 4.79 Å². The van der Waals surface area contributed by atoms with Crippen LogP contribution in [0.5, 0.6) is 0 Å². The van der Waals surface area contributed by atoms with Crippen LogP contribution < -0.4 is 16.6 Å². The fraction of sp³-hybridized carbons (Fsp3) is 0.692. The summed E-state index contributed by atoms with van der Waals surface area (Å²) < 4.78 is 6.25. The maximum Gasteiger partial charge on any atom is 0.287 e. The molecule has 20 heavy (non-hydrogen) atoms. The third-order valence-electron chi connectivity index (χ3n) is 3.62. The van der Waals surface area contributed by atoms with E-state index in [0.29, 0.717) is 30.9 Å². The van der Waals surface area contributed by atoms with E-state index in [1.807, 2.05) is 0 Å². The highest BCUT2D eigenvalue weighted by Crippen LogP contribution is 2.23. The molecule has 1 saturated carbocycles. The predicted molar refractivity (Wildman–Crippen MR) is 79.2 cm³/mol. The van der Waals surface area contributed by atoms with Crippen LogP contribution in [0.1, 0.15) is 25.7 Å². The molecular formula is C13H21ClN4O2. The Hall–Kier alpha value is -1.11. The third-order valence-corrected chi connectivity index (χ3v) is 3.99. The van der Waals surface area contributed by atoms with Crippen LogP contribution in [-0.2, 0) is 11.3 Å². The highest BCUT2D eigenvalue weighted by Gasteiger charge is 2.20. The van der Waals surface area contributed by atoms with Gasteiger partial charge in [0.1, 0.15) is 5.02 Å². The zero-order chi connectivity index (χ0) is 14.5. The summed E-state index contributed by atoms with van der Waals surface area (Å²) in [5, 5.41) is 7.59. The van der Waals surface area contributed by atoms with Gasteiger partial charge in [0.25, 0.3) is 5.56 Å². The normalized spacial score (nSPS) is 22.8. The fourth-order valence-corrected chi connectivity index (χ4v) is 2.59. The number of hydrogen-bond donors (Lipinski definition) is 2. The van der Waals surface area contributed by atoms with Gasteiger partial charge in [0.15, 0.2) is 0 Å². The zero-order valence-corrected chi connectivity index (χ0v) is 12.4. The summed E-state index contributed by atoms with van der Waals surface area (Å²) in [5.41, 5.74) is 6.19. The number of methoxy groups -OCH3 is 1. The van der Waals surface area contributed by atoms with Crippen LogP contribution in [0, 0.1) is 0 Å². The Labute approximate surface area is 123 Å². The van der Waals surface area contributed by atoms with E-state index in [4.69, 9.17) is 22.1 Å². The van der Waals surface area contributed by atoms with Crippen molar-refractivity contribution in [2.75, 3.05) is 19.0 Å². The number of aromatic nitrogens is 2. The first kappa shape index (κ1) is 15.3. The number of hydrogen-bond acceptors (Lipinski definition) is 5. The van der Waals surface area contributed by atoms with E-state index in [-0.39, 0.29) is 10.6 Å². The third kappa shape index (κ3) is 3.71. The van der Waals surface area contributed by atoms with Crippen molar-refractivity contribution < 1.29 is 4.74 Å². The highest BCUT2D eigenvalue weighted by molar-refractivity contribution is 6.32. The summed E-state index contributed by atoms with van der Waals surface area (Å²) in [6, 6.07) is 0.604. The SMILES string of the molecule is COCCn1ncc(NC2CCC(N)CC2)c(Cl)c1=O. The van der Waals surface area contributed by atoms with Crippen molar-refractivity contribution in [3.63, 3.8) is 0 Å². The van der Waals surface area contributed by atoms with Crippen LogP contribution in [-0.4, -0.2) is 35.6 Å². The van der Waals surface area contributed by atoms with Gasteiger partial charge in [0.05, 0.1) is 25.0 Å². The molecule has 0 spiro atoms. The Morgan fingerprint density at radius 2 is 2.20 bits per heavy atom. The van der Waals surface area contributed by atoms with Crippen molar-refractivity contribution in [2.45, 2.75) is 44.3 Å². The zero-order valence-electron chi connectivity index (χ0n) is 11.6. The molecule has 0 saturated heterocycles.